The van der Waals surface area contributed by atoms with E-state index in [0.717, 1.165) is 16.9 Å². The third-order valence-corrected chi connectivity index (χ3v) is 4.48. The molecule has 124 valence electrons. The number of hydrogen-bond donors (Lipinski definition) is 1. The molecule has 0 aliphatic carbocycles. The molecule has 3 heterocycles. The lowest BCUT2D eigenvalue weighted by atomic mass is 10.4. The molecule has 3 rings (SSSR count). The predicted molar refractivity (Wildman–Crippen MR) is 90.5 cm³/mol. The zero-order valence-electron chi connectivity index (χ0n) is 13.2. The second-order valence-electron chi connectivity index (χ2n) is 5.03. The molecular formula is C16H15N3O4S. The van der Waals surface area contributed by atoms with Gasteiger partial charge in [0.05, 0.1) is 17.5 Å². The van der Waals surface area contributed by atoms with E-state index in [-0.39, 0.29) is 12.5 Å². The van der Waals surface area contributed by atoms with Crippen molar-refractivity contribution in [2.45, 2.75) is 6.92 Å². The number of furan rings is 1. The number of nitrogens with zero attached hydrogens (tertiary/aromatic N) is 2. The van der Waals surface area contributed by atoms with Gasteiger partial charge in [-0.15, -0.1) is 0 Å². The highest BCUT2D eigenvalue weighted by Gasteiger charge is 2.20. The van der Waals surface area contributed by atoms with E-state index >= 15 is 0 Å². The van der Waals surface area contributed by atoms with Crippen LogP contribution in [0.2, 0.25) is 0 Å². The molecule has 0 bridgehead atoms. The summed E-state index contributed by atoms with van der Waals surface area (Å²) in [7, 11) is 1.78. The molecule has 0 saturated heterocycles. The number of fused-ring (bicyclic) bond motifs is 1. The summed E-state index contributed by atoms with van der Waals surface area (Å²) in [5, 5.41) is 3.03. The van der Waals surface area contributed by atoms with Crippen LogP contribution in [0.25, 0.3) is 11.1 Å². The molecule has 0 spiro atoms. The van der Waals surface area contributed by atoms with Crippen molar-refractivity contribution in [1.82, 2.24) is 9.55 Å². The molecular weight excluding hydrogens is 330 g/mol. The van der Waals surface area contributed by atoms with Gasteiger partial charge in [-0.1, -0.05) is 24.0 Å². The van der Waals surface area contributed by atoms with Crippen molar-refractivity contribution in [2.75, 3.05) is 11.9 Å². The maximum atomic E-state index is 12.4. The topological polar surface area (TPSA) is 86.4 Å². The monoisotopic (exact) mass is 345 g/mol. The summed E-state index contributed by atoms with van der Waals surface area (Å²) in [6, 6.07) is 3.44. The highest BCUT2D eigenvalue weighted by atomic mass is 32.1. The molecule has 0 radical (unpaired) electrons. The van der Waals surface area contributed by atoms with Crippen LogP contribution in [0.5, 0.6) is 0 Å². The average Bonchev–Trinajstić information content (AvgIpc) is 3.22. The molecule has 0 atom stereocenters. The van der Waals surface area contributed by atoms with Crippen LogP contribution < -0.4 is 5.32 Å². The van der Waals surface area contributed by atoms with Crippen molar-refractivity contribution >= 4 is 39.4 Å². The van der Waals surface area contributed by atoms with Crippen LogP contribution in [0.15, 0.2) is 35.5 Å². The minimum absolute atomic E-state index is 0.125. The lowest BCUT2D eigenvalue weighted by molar-refractivity contribution is 0.0554. The van der Waals surface area contributed by atoms with Crippen LogP contribution in [0.1, 0.15) is 25.9 Å². The van der Waals surface area contributed by atoms with Gasteiger partial charge < -0.3 is 13.7 Å². The van der Waals surface area contributed by atoms with Crippen LogP contribution in [-0.4, -0.2) is 28.0 Å². The van der Waals surface area contributed by atoms with Gasteiger partial charge in [0.15, 0.2) is 10.7 Å². The average molecular weight is 345 g/mol. The molecule has 3 aromatic heterocycles. The number of rotatable bonds is 5. The van der Waals surface area contributed by atoms with Crippen molar-refractivity contribution in [1.29, 1.82) is 0 Å². The maximum Gasteiger partial charge on any atom is 0.350 e. The Balaban J connectivity index is 1.79. The second kappa shape index (κ2) is 6.32. The zero-order chi connectivity index (χ0) is 17.3. The maximum absolute atomic E-state index is 12.4. The van der Waals surface area contributed by atoms with Crippen LogP contribution in [-0.2, 0) is 11.8 Å². The smallest absolute Gasteiger partial charge is 0.350 e. The zero-order valence-corrected chi connectivity index (χ0v) is 14.0. The Hall–Kier alpha value is -2.87. The van der Waals surface area contributed by atoms with Gasteiger partial charge >= 0.3 is 5.97 Å². The Kier molecular flexibility index (Phi) is 4.22. The van der Waals surface area contributed by atoms with Gasteiger partial charge in [-0.2, -0.15) is 0 Å². The van der Waals surface area contributed by atoms with Crippen molar-refractivity contribution in [3.05, 3.63) is 47.3 Å². The van der Waals surface area contributed by atoms with Gasteiger partial charge in [0, 0.05) is 19.2 Å². The van der Waals surface area contributed by atoms with E-state index in [1.54, 1.807) is 36.9 Å². The minimum Gasteiger partial charge on any atom is -0.463 e. The van der Waals surface area contributed by atoms with Crippen molar-refractivity contribution in [3.8, 4) is 0 Å². The highest BCUT2D eigenvalue weighted by molar-refractivity contribution is 7.17. The molecule has 0 aliphatic rings. The van der Waals surface area contributed by atoms with Gasteiger partial charge in [-0.25, -0.2) is 9.78 Å². The first-order chi connectivity index (χ1) is 11.5. The Morgan fingerprint density at radius 2 is 2.33 bits per heavy atom. The second-order valence-corrected chi connectivity index (χ2v) is 6.03. The number of esters is 1. The number of carbonyl (C=O) groups is 2. The molecule has 0 unspecified atom stereocenters. The number of carbonyl (C=O) groups excluding carboxylic acids is 2. The lowest BCUT2D eigenvalue weighted by Gasteiger charge is -2.03. The number of anilines is 1. The largest absolute Gasteiger partial charge is 0.463 e. The molecule has 0 fully saturated rings. The number of aromatic nitrogens is 2. The lowest BCUT2D eigenvalue weighted by Crippen LogP contribution is -2.15. The summed E-state index contributed by atoms with van der Waals surface area (Å²) < 4.78 is 12.0. The molecule has 8 heteroatoms. The molecule has 0 aliphatic heterocycles. The minimum atomic E-state index is -0.484. The standard InChI is InChI=1S/C16H15N3O4S/c1-4-6-23-15(21)13-9(2)17-16(24-13)18-14(20)11-8-12-10(19(11)3)5-7-22-12/h4-5,7-8H,1,6H2,2-3H3,(H,17,18,20). The van der Waals surface area contributed by atoms with Gasteiger partial charge in [-0.05, 0) is 6.92 Å². The van der Waals surface area contributed by atoms with Crippen molar-refractivity contribution in [3.63, 3.8) is 0 Å². The molecule has 3 aromatic rings. The molecule has 24 heavy (non-hydrogen) atoms. The molecule has 0 aromatic carbocycles. The first-order valence-electron chi connectivity index (χ1n) is 7.11. The van der Waals surface area contributed by atoms with Gasteiger partial charge in [0.2, 0.25) is 0 Å². The third kappa shape index (κ3) is 2.83. The number of hydrogen-bond acceptors (Lipinski definition) is 6. The van der Waals surface area contributed by atoms with E-state index in [4.69, 9.17) is 9.15 Å². The van der Waals surface area contributed by atoms with Gasteiger partial charge in [0.25, 0.3) is 5.91 Å². The van der Waals surface area contributed by atoms with Gasteiger partial charge in [-0.3, -0.25) is 10.1 Å². The fraction of sp³-hybridized carbons (Fsp3) is 0.188. The normalized spacial score (nSPS) is 10.8. The van der Waals surface area contributed by atoms with Crippen LogP contribution in [0.4, 0.5) is 5.13 Å². The summed E-state index contributed by atoms with van der Waals surface area (Å²) in [5.74, 6) is -0.814. The fourth-order valence-electron chi connectivity index (χ4n) is 2.27. The summed E-state index contributed by atoms with van der Waals surface area (Å²) >= 11 is 1.07. The Bertz CT molecular complexity index is 935. The fourth-order valence-corrected chi connectivity index (χ4v) is 3.12. The predicted octanol–water partition coefficient (Wildman–Crippen LogP) is 3.13. The number of nitrogens with one attached hydrogen (secondary N) is 1. The van der Waals surface area contributed by atoms with E-state index in [1.807, 2.05) is 0 Å². The number of amides is 1. The SMILES string of the molecule is C=CCOC(=O)c1sc(NC(=O)c2cc3occc3n2C)nc1C. The quantitative estimate of drug-likeness (QED) is 0.567. The van der Waals surface area contributed by atoms with Crippen LogP contribution in [0.3, 0.4) is 0 Å². The number of thiazole rings is 1. The van der Waals surface area contributed by atoms with Crippen LogP contribution >= 0.6 is 11.3 Å². The molecule has 0 saturated carbocycles. The summed E-state index contributed by atoms with van der Waals surface area (Å²) in [6.07, 6.45) is 3.06. The first-order valence-corrected chi connectivity index (χ1v) is 7.92. The molecule has 7 nitrogen and oxygen atoms in total. The summed E-state index contributed by atoms with van der Waals surface area (Å²) in [4.78, 5) is 28.9. The summed E-state index contributed by atoms with van der Waals surface area (Å²) in [6.45, 7) is 5.30. The Labute approximate surface area is 141 Å². The summed E-state index contributed by atoms with van der Waals surface area (Å²) in [5.41, 5.74) is 2.40. The van der Waals surface area contributed by atoms with Crippen molar-refractivity contribution < 1.29 is 18.7 Å². The number of ether oxygens (including phenoxy) is 1. The van der Waals surface area contributed by atoms with E-state index in [2.05, 4.69) is 16.9 Å². The highest BCUT2D eigenvalue weighted by Crippen LogP contribution is 2.25. The van der Waals surface area contributed by atoms with Crippen LogP contribution in [0, 0.1) is 6.92 Å². The first kappa shape index (κ1) is 16.0. The molecule has 1 N–H and O–H groups in total. The van der Waals surface area contributed by atoms with Crippen molar-refractivity contribution in [2.24, 2.45) is 7.05 Å². The Morgan fingerprint density at radius 1 is 1.54 bits per heavy atom. The van der Waals surface area contributed by atoms with E-state index in [9.17, 15) is 9.59 Å². The molecule has 1 amide bonds. The Morgan fingerprint density at radius 3 is 3.04 bits per heavy atom. The third-order valence-electron chi connectivity index (χ3n) is 3.43. The van der Waals surface area contributed by atoms with E-state index in [0.29, 0.717) is 27.0 Å². The van der Waals surface area contributed by atoms with E-state index < -0.39 is 5.97 Å². The number of aryl methyl sites for hydroxylation is 2. The van der Waals surface area contributed by atoms with E-state index in [1.165, 1.54) is 6.08 Å². The van der Waals surface area contributed by atoms with Gasteiger partial charge in [0.1, 0.15) is 17.2 Å².